The average molecular weight is 858 g/mol. The van der Waals surface area contributed by atoms with Gasteiger partial charge in [0.15, 0.2) is 0 Å². The molecule has 0 radical (unpaired) electrons. The second-order valence-electron chi connectivity index (χ2n) is 17.7. The Morgan fingerprint density at radius 2 is 0.738 bits per heavy atom. The van der Waals surface area contributed by atoms with Crippen LogP contribution in [0.4, 0.5) is 0 Å². The third kappa shape index (κ3) is 4.78. The van der Waals surface area contributed by atoms with Gasteiger partial charge in [-0.2, -0.15) is 0 Å². The number of pyridine rings is 1. The van der Waals surface area contributed by atoms with Gasteiger partial charge < -0.3 is 0 Å². The third-order valence-electron chi connectivity index (χ3n) is 14.5. The summed E-state index contributed by atoms with van der Waals surface area (Å²) in [6, 6.07) is 79.6. The average Bonchev–Trinajstić information content (AvgIpc) is 4.11. The first-order valence-electron chi connectivity index (χ1n) is 22.4. The lowest BCUT2D eigenvalue weighted by molar-refractivity contribution is 0.795. The molecule has 300 valence electrons. The fourth-order valence-corrected chi connectivity index (χ4v) is 14.3. The zero-order valence-corrected chi connectivity index (χ0v) is 36.6. The van der Waals surface area contributed by atoms with Crippen molar-refractivity contribution in [2.24, 2.45) is 0 Å². The Bertz CT molecular complexity index is 4030. The van der Waals surface area contributed by atoms with Gasteiger partial charge in [0.05, 0.1) is 16.6 Å². The molecular formula is C62H35NS2. The first-order chi connectivity index (χ1) is 32.2. The molecule has 0 N–H and O–H groups in total. The van der Waals surface area contributed by atoms with E-state index in [0.29, 0.717) is 0 Å². The van der Waals surface area contributed by atoms with Crippen LogP contribution in [0.2, 0.25) is 0 Å². The van der Waals surface area contributed by atoms with Crippen molar-refractivity contribution in [2.75, 3.05) is 0 Å². The number of hydrogen-bond acceptors (Lipinski definition) is 3. The molecule has 13 aromatic rings. The highest BCUT2D eigenvalue weighted by molar-refractivity contribution is 7.26. The number of fused-ring (bicyclic) bond motifs is 19. The summed E-state index contributed by atoms with van der Waals surface area (Å²) in [6.45, 7) is 0. The molecule has 2 aliphatic rings. The molecule has 0 unspecified atom stereocenters. The van der Waals surface area contributed by atoms with Crippen molar-refractivity contribution in [3.63, 3.8) is 0 Å². The molecule has 2 aliphatic carbocycles. The number of hydrogen-bond donors (Lipinski definition) is 0. The van der Waals surface area contributed by atoms with Crippen LogP contribution in [0.25, 0.3) is 118 Å². The molecule has 65 heavy (non-hydrogen) atoms. The van der Waals surface area contributed by atoms with Crippen LogP contribution in [0.1, 0.15) is 22.3 Å². The van der Waals surface area contributed by atoms with Crippen LogP contribution in [0.5, 0.6) is 0 Å². The second-order valence-corrected chi connectivity index (χ2v) is 19.8. The molecule has 1 nitrogen and oxygen atoms in total. The molecule has 15 rings (SSSR count). The van der Waals surface area contributed by atoms with Crippen molar-refractivity contribution in [3.05, 3.63) is 235 Å². The molecule has 10 aromatic carbocycles. The number of benzene rings is 10. The van der Waals surface area contributed by atoms with Crippen LogP contribution < -0.4 is 0 Å². The highest BCUT2D eigenvalue weighted by Crippen LogP contribution is 2.63. The predicted molar refractivity (Wildman–Crippen MR) is 278 cm³/mol. The van der Waals surface area contributed by atoms with Gasteiger partial charge in [-0.3, -0.25) is 0 Å². The van der Waals surface area contributed by atoms with E-state index in [1.165, 1.54) is 118 Å². The quantitative estimate of drug-likeness (QED) is 0.161. The molecule has 0 saturated carbocycles. The molecule has 3 aromatic heterocycles. The molecule has 0 amide bonds. The zero-order valence-electron chi connectivity index (χ0n) is 35.0. The van der Waals surface area contributed by atoms with E-state index in [1.54, 1.807) is 0 Å². The van der Waals surface area contributed by atoms with E-state index in [1.807, 2.05) is 22.7 Å². The minimum atomic E-state index is -0.434. The zero-order chi connectivity index (χ0) is 42.4. The minimum absolute atomic E-state index is 0.434. The van der Waals surface area contributed by atoms with Crippen molar-refractivity contribution in [1.29, 1.82) is 0 Å². The number of aromatic nitrogens is 1. The first-order valence-corrected chi connectivity index (χ1v) is 24.0. The maximum atomic E-state index is 5.68. The van der Waals surface area contributed by atoms with Gasteiger partial charge in [-0.25, -0.2) is 4.98 Å². The lowest BCUT2D eigenvalue weighted by Crippen LogP contribution is -2.25. The molecule has 0 saturated heterocycles. The molecule has 0 fully saturated rings. The van der Waals surface area contributed by atoms with Crippen LogP contribution in [-0.4, -0.2) is 4.98 Å². The van der Waals surface area contributed by atoms with Crippen molar-refractivity contribution in [2.45, 2.75) is 5.41 Å². The maximum absolute atomic E-state index is 5.68. The van der Waals surface area contributed by atoms with E-state index in [-0.39, 0.29) is 0 Å². The molecule has 3 heteroatoms. The number of rotatable bonds is 3. The van der Waals surface area contributed by atoms with Gasteiger partial charge in [0, 0.05) is 56.7 Å². The van der Waals surface area contributed by atoms with Gasteiger partial charge >= 0.3 is 0 Å². The van der Waals surface area contributed by atoms with Crippen molar-refractivity contribution in [3.8, 4) is 55.8 Å². The second kappa shape index (κ2) is 13.2. The lowest BCUT2D eigenvalue weighted by Gasteiger charge is -2.30. The number of thiophene rings is 2. The Balaban J connectivity index is 1.05. The highest BCUT2D eigenvalue weighted by Gasteiger charge is 2.51. The van der Waals surface area contributed by atoms with Crippen molar-refractivity contribution in [1.82, 2.24) is 4.98 Å². The van der Waals surface area contributed by atoms with Crippen LogP contribution >= 0.6 is 22.7 Å². The van der Waals surface area contributed by atoms with Gasteiger partial charge in [-0.15, -0.1) is 22.7 Å². The molecule has 0 atom stereocenters. The molecular weight excluding hydrogens is 823 g/mol. The summed E-state index contributed by atoms with van der Waals surface area (Å²) in [5.74, 6) is 0. The highest BCUT2D eigenvalue weighted by atomic mass is 32.1. The number of nitrogens with zero attached hydrogens (tertiary/aromatic N) is 1. The maximum Gasteiger partial charge on any atom is 0.0788 e. The normalized spacial score (nSPS) is 13.4. The fourth-order valence-electron chi connectivity index (χ4n) is 11.8. The molecule has 0 bridgehead atoms. The SMILES string of the molecule is c1ccc2c(c1)-c1ccccc1C21c2ccccc2-c2cc3c(-c4cc(-c5cccc6c5sc5ccccc56)cc(-c5cccc6c5sc5ccccc56)c4)nc4ccccc4c3cc21. The van der Waals surface area contributed by atoms with Crippen molar-refractivity contribution >= 4 is 84.7 Å². The van der Waals surface area contributed by atoms with Crippen LogP contribution in [-0.2, 0) is 5.41 Å². The summed E-state index contributed by atoms with van der Waals surface area (Å²) in [7, 11) is 0. The van der Waals surface area contributed by atoms with Crippen LogP contribution in [0.3, 0.4) is 0 Å². The topological polar surface area (TPSA) is 12.9 Å². The Hall–Kier alpha value is -7.69. The van der Waals surface area contributed by atoms with Crippen LogP contribution in [0.15, 0.2) is 212 Å². The summed E-state index contributed by atoms with van der Waals surface area (Å²) in [4.78, 5) is 5.68. The minimum Gasteiger partial charge on any atom is -0.247 e. The van der Waals surface area contributed by atoms with E-state index in [0.717, 1.165) is 22.2 Å². The van der Waals surface area contributed by atoms with Crippen molar-refractivity contribution < 1.29 is 0 Å². The summed E-state index contributed by atoms with van der Waals surface area (Å²) in [6.07, 6.45) is 0. The third-order valence-corrected chi connectivity index (χ3v) is 16.9. The molecule has 3 heterocycles. The lowest BCUT2D eigenvalue weighted by atomic mass is 9.70. The van der Waals surface area contributed by atoms with Crippen LogP contribution in [0, 0.1) is 0 Å². The van der Waals surface area contributed by atoms with E-state index in [9.17, 15) is 0 Å². The summed E-state index contributed by atoms with van der Waals surface area (Å²) >= 11 is 3.78. The van der Waals surface area contributed by atoms with Gasteiger partial charge in [0.2, 0.25) is 0 Å². The fraction of sp³-hybridized carbons (Fsp3) is 0.0161. The summed E-state index contributed by atoms with van der Waals surface area (Å²) in [5, 5.41) is 8.77. The van der Waals surface area contributed by atoms with Gasteiger partial charge in [-0.1, -0.05) is 164 Å². The van der Waals surface area contributed by atoms with E-state index in [2.05, 4.69) is 212 Å². The molecule has 0 aliphatic heterocycles. The van der Waals surface area contributed by atoms with Gasteiger partial charge in [0.1, 0.15) is 0 Å². The Morgan fingerprint density at radius 3 is 1.32 bits per heavy atom. The standard InChI is InChI=1S/C62H35NS2/c1-7-25-52-41(15-1)42-16-2-8-26-53(42)62(52)54-27-9-3-17-43(54)50-34-51-49(35-55(50)62)44-18-4-10-28-56(44)63-59(51)38-32-36(39-21-13-23-47-45-19-5-11-29-57(45)64-60(39)47)31-37(33-38)40-22-14-24-48-46-20-6-12-30-58(46)65-61(40)48/h1-35H. The number of para-hydroxylation sites is 1. The van der Waals surface area contributed by atoms with Gasteiger partial charge in [0.25, 0.3) is 0 Å². The van der Waals surface area contributed by atoms with E-state index >= 15 is 0 Å². The Morgan fingerprint density at radius 1 is 0.292 bits per heavy atom. The summed E-state index contributed by atoms with van der Waals surface area (Å²) < 4.78 is 5.24. The smallest absolute Gasteiger partial charge is 0.0788 e. The largest absolute Gasteiger partial charge is 0.247 e. The van der Waals surface area contributed by atoms with E-state index in [4.69, 9.17) is 4.98 Å². The Labute approximate surface area is 383 Å². The van der Waals surface area contributed by atoms with Gasteiger partial charge in [-0.05, 0) is 121 Å². The molecule has 1 spiro atoms. The Kier molecular flexibility index (Phi) is 7.25. The first kappa shape index (κ1) is 35.7. The monoisotopic (exact) mass is 857 g/mol. The van der Waals surface area contributed by atoms with E-state index < -0.39 is 5.41 Å². The predicted octanol–water partition coefficient (Wildman–Crippen LogP) is 17.5. The summed E-state index contributed by atoms with van der Waals surface area (Å²) in [5.41, 5.74) is 18.2.